The van der Waals surface area contributed by atoms with E-state index in [4.69, 9.17) is 14.2 Å². The lowest BCUT2D eigenvalue weighted by molar-refractivity contribution is -0.167. The molecule has 0 aliphatic rings. The van der Waals surface area contributed by atoms with Crippen LogP contribution in [0.4, 0.5) is 0 Å². The van der Waals surface area contributed by atoms with Crippen LogP contribution in [0.1, 0.15) is 194 Å². The molecule has 1 atom stereocenters. The van der Waals surface area contributed by atoms with Crippen molar-refractivity contribution >= 4 is 17.9 Å². The molecule has 0 aromatic carbocycles. The summed E-state index contributed by atoms with van der Waals surface area (Å²) in [5.41, 5.74) is 0. The van der Waals surface area contributed by atoms with Gasteiger partial charge in [0, 0.05) is 19.3 Å². The molecule has 0 aliphatic carbocycles. The quantitative estimate of drug-likeness (QED) is 0.0299. The monoisotopic (exact) mass is 649 g/mol. The van der Waals surface area contributed by atoms with E-state index in [1.54, 1.807) is 0 Å². The predicted octanol–water partition coefficient (Wildman–Crippen LogP) is 11.7. The maximum atomic E-state index is 12.5. The van der Waals surface area contributed by atoms with Gasteiger partial charge in [0.25, 0.3) is 0 Å². The molecule has 6 nitrogen and oxygen atoms in total. The summed E-state index contributed by atoms with van der Waals surface area (Å²) in [6.07, 6.45) is 36.1. The van der Waals surface area contributed by atoms with Gasteiger partial charge in [-0.25, -0.2) is 0 Å². The van der Waals surface area contributed by atoms with E-state index in [1.165, 1.54) is 70.6 Å². The molecule has 0 spiro atoms. The van der Waals surface area contributed by atoms with Crippen molar-refractivity contribution < 1.29 is 28.6 Å². The van der Waals surface area contributed by atoms with Crippen molar-refractivity contribution in [3.63, 3.8) is 0 Å². The Balaban J connectivity index is 4.32. The molecule has 6 heteroatoms. The lowest BCUT2D eigenvalue weighted by atomic mass is 10.1. The third-order valence-corrected chi connectivity index (χ3v) is 8.19. The third kappa shape index (κ3) is 33.3. The number of carbonyl (C=O) groups is 3. The highest BCUT2D eigenvalue weighted by atomic mass is 16.6. The van der Waals surface area contributed by atoms with E-state index in [9.17, 15) is 14.4 Å². The van der Waals surface area contributed by atoms with E-state index < -0.39 is 6.10 Å². The summed E-state index contributed by atoms with van der Waals surface area (Å²) >= 11 is 0. The van der Waals surface area contributed by atoms with Crippen LogP contribution in [0.5, 0.6) is 0 Å². The van der Waals surface area contributed by atoms with E-state index in [0.29, 0.717) is 19.3 Å². The number of ether oxygens (including phenoxy) is 3. The standard InChI is InChI=1S/C40H72O6/c1-4-7-10-13-16-18-19-20-21-23-24-27-30-33-39(42)45-36-37(35-44-38(41)32-29-26-15-12-9-6-3)46-40(43)34-31-28-25-22-17-14-11-8-5-2/h10,13,18-19,37H,4-9,11-12,14-17,20-36H2,1-3H3/b13-10-,19-18-. The summed E-state index contributed by atoms with van der Waals surface area (Å²) in [7, 11) is 0. The Morgan fingerprint density at radius 2 is 0.826 bits per heavy atom. The molecule has 268 valence electrons. The van der Waals surface area contributed by atoms with Gasteiger partial charge in [-0.2, -0.15) is 0 Å². The van der Waals surface area contributed by atoms with Gasteiger partial charge in [0.2, 0.25) is 0 Å². The van der Waals surface area contributed by atoms with Gasteiger partial charge in [0.05, 0.1) is 0 Å². The Morgan fingerprint density at radius 1 is 0.435 bits per heavy atom. The van der Waals surface area contributed by atoms with Crippen LogP contribution < -0.4 is 0 Å². The average Bonchev–Trinajstić information content (AvgIpc) is 3.05. The van der Waals surface area contributed by atoms with Crippen molar-refractivity contribution in [3.05, 3.63) is 24.3 Å². The first-order valence-electron chi connectivity index (χ1n) is 19.3. The molecule has 0 bridgehead atoms. The van der Waals surface area contributed by atoms with Crippen molar-refractivity contribution in [2.75, 3.05) is 13.2 Å². The Kier molecular flexibility index (Phi) is 34.1. The summed E-state index contributed by atoms with van der Waals surface area (Å²) in [5, 5.41) is 0. The highest BCUT2D eigenvalue weighted by Gasteiger charge is 2.19. The first-order chi connectivity index (χ1) is 22.5. The number of rotatable bonds is 34. The highest BCUT2D eigenvalue weighted by molar-refractivity contribution is 5.71. The topological polar surface area (TPSA) is 78.9 Å². The molecule has 0 fully saturated rings. The van der Waals surface area contributed by atoms with Crippen molar-refractivity contribution in [2.24, 2.45) is 0 Å². The zero-order valence-corrected chi connectivity index (χ0v) is 30.3. The van der Waals surface area contributed by atoms with Gasteiger partial charge in [-0.15, -0.1) is 0 Å². The van der Waals surface area contributed by atoms with Crippen molar-refractivity contribution in [2.45, 2.75) is 200 Å². The molecule has 0 aliphatic heterocycles. The second kappa shape index (κ2) is 35.7. The van der Waals surface area contributed by atoms with Crippen LogP contribution in [0, 0.1) is 0 Å². The summed E-state index contributed by atoms with van der Waals surface area (Å²) in [5.74, 6) is -0.905. The van der Waals surface area contributed by atoms with Crippen LogP contribution in [0.15, 0.2) is 24.3 Å². The van der Waals surface area contributed by atoms with Gasteiger partial charge in [-0.1, -0.05) is 154 Å². The SMILES string of the molecule is CCC/C=C\C/C=C\CCCCCCCC(=O)OCC(COC(=O)CCCCCCCC)OC(=O)CCCCCCCCCCC. The van der Waals surface area contributed by atoms with Gasteiger partial charge < -0.3 is 14.2 Å². The largest absolute Gasteiger partial charge is 0.462 e. The minimum Gasteiger partial charge on any atom is -0.462 e. The fourth-order valence-corrected chi connectivity index (χ4v) is 5.24. The van der Waals surface area contributed by atoms with Gasteiger partial charge in [0.15, 0.2) is 6.10 Å². The van der Waals surface area contributed by atoms with E-state index in [0.717, 1.165) is 83.5 Å². The Hall–Kier alpha value is -2.11. The molecular weight excluding hydrogens is 576 g/mol. The van der Waals surface area contributed by atoms with Crippen LogP contribution in [0.3, 0.4) is 0 Å². The molecule has 0 saturated heterocycles. The average molecular weight is 649 g/mol. The molecule has 0 N–H and O–H groups in total. The van der Waals surface area contributed by atoms with Gasteiger partial charge in [-0.3, -0.25) is 14.4 Å². The Bertz CT molecular complexity index is 759. The molecule has 1 unspecified atom stereocenters. The van der Waals surface area contributed by atoms with E-state index >= 15 is 0 Å². The van der Waals surface area contributed by atoms with Gasteiger partial charge in [0.1, 0.15) is 13.2 Å². The van der Waals surface area contributed by atoms with Crippen molar-refractivity contribution in [3.8, 4) is 0 Å². The highest BCUT2D eigenvalue weighted by Crippen LogP contribution is 2.13. The number of unbranched alkanes of at least 4 members (excludes halogenated alkanes) is 19. The van der Waals surface area contributed by atoms with E-state index in [1.807, 2.05) is 0 Å². The predicted molar refractivity (Wildman–Crippen MR) is 192 cm³/mol. The van der Waals surface area contributed by atoms with Crippen LogP contribution >= 0.6 is 0 Å². The van der Waals surface area contributed by atoms with Crippen molar-refractivity contribution in [1.82, 2.24) is 0 Å². The smallest absolute Gasteiger partial charge is 0.306 e. The Morgan fingerprint density at radius 3 is 1.28 bits per heavy atom. The second-order valence-corrected chi connectivity index (χ2v) is 12.8. The number of hydrogen-bond donors (Lipinski definition) is 0. The van der Waals surface area contributed by atoms with Crippen LogP contribution in [-0.4, -0.2) is 37.2 Å². The maximum Gasteiger partial charge on any atom is 0.306 e. The lowest BCUT2D eigenvalue weighted by Gasteiger charge is -2.18. The number of esters is 3. The lowest BCUT2D eigenvalue weighted by Crippen LogP contribution is -2.30. The molecule has 0 saturated carbocycles. The maximum absolute atomic E-state index is 12.5. The molecule has 0 rings (SSSR count). The molecule has 0 amide bonds. The molecule has 0 aromatic heterocycles. The number of hydrogen-bond acceptors (Lipinski definition) is 6. The summed E-state index contributed by atoms with van der Waals surface area (Å²) in [6, 6.07) is 0. The normalized spacial score (nSPS) is 12.2. The summed E-state index contributed by atoms with van der Waals surface area (Å²) < 4.78 is 16.5. The van der Waals surface area contributed by atoms with Crippen LogP contribution in [0.2, 0.25) is 0 Å². The summed E-state index contributed by atoms with van der Waals surface area (Å²) in [6.45, 7) is 6.45. The van der Waals surface area contributed by atoms with Gasteiger partial charge >= 0.3 is 17.9 Å². The van der Waals surface area contributed by atoms with Gasteiger partial charge in [-0.05, 0) is 44.9 Å². The molecule has 0 heterocycles. The Labute approximate surface area is 283 Å². The molecule has 46 heavy (non-hydrogen) atoms. The summed E-state index contributed by atoms with van der Waals surface area (Å²) in [4.78, 5) is 37.2. The van der Waals surface area contributed by atoms with Crippen molar-refractivity contribution in [1.29, 1.82) is 0 Å². The first kappa shape index (κ1) is 43.9. The second-order valence-electron chi connectivity index (χ2n) is 12.8. The van der Waals surface area contributed by atoms with E-state index in [2.05, 4.69) is 45.1 Å². The first-order valence-corrected chi connectivity index (χ1v) is 19.3. The molecule has 0 aromatic rings. The minimum atomic E-state index is -0.765. The fourth-order valence-electron chi connectivity index (χ4n) is 5.24. The number of carbonyl (C=O) groups excluding carboxylic acids is 3. The third-order valence-electron chi connectivity index (χ3n) is 8.19. The van der Waals surface area contributed by atoms with Crippen LogP contribution in [-0.2, 0) is 28.6 Å². The number of allylic oxidation sites excluding steroid dienone is 4. The fraction of sp³-hybridized carbons (Fsp3) is 0.825. The zero-order valence-electron chi connectivity index (χ0n) is 30.3. The van der Waals surface area contributed by atoms with Crippen LogP contribution in [0.25, 0.3) is 0 Å². The molecule has 0 radical (unpaired) electrons. The van der Waals surface area contributed by atoms with E-state index in [-0.39, 0.29) is 31.1 Å². The molecular formula is C40H72O6. The minimum absolute atomic E-state index is 0.0745. The zero-order chi connectivity index (χ0) is 33.8.